The van der Waals surface area contributed by atoms with Gasteiger partial charge in [0.1, 0.15) is 0 Å². The molecule has 19 heavy (non-hydrogen) atoms. The van der Waals surface area contributed by atoms with E-state index in [1.807, 2.05) is 6.07 Å². The van der Waals surface area contributed by atoms with E-state index in [1.54, 1.807) is 43.6 Å². The molecule has 1 heterocycles. The Morgan fingerprint density at radius 3 is 2.58 bits per heavy atom. The molecule has 4 heteroatoms. The Balaban J connectivity index is 2.24. The van der Waals surface area contributed by atoms with Gasteiger partial charge in [-0.1, -0.05) is 12.1 Å². The van der Waals surface area contributed by atoms with Gasteiger partial charge in [0.05, 0.1) is 17.2 Å². The Kier molecular flexibility index (Phi) is 3.98. The Hall–Kier alpha value is -1.70. The summed E-state index contributed by atoms with van der Waals surface area (Å²) in [5.74, 6) is 0. The molecule has 96 valence electrons. The summed E-state index contributed by atoms with van der Waals surface area (Å²) in [7, 11) is 0. The molecule has 2 rings (SSSR count). The van der Waals surface area contributed by atoms with E-state index in [4.69, 9.17) is 5.26 Å². The lowest BCUT2D eigenvalue weighted by atomic mass is 9.89. The van der Waals surface area contributed by atoms with E-state index in [-0.39, 0.29) is 0 Å². The number of hydrogen-bond donors (Lipinski definition) is 1. The van der Waals surface area contributed by atoms with Crippen LogP contribution in [0.4, 0.5) is 0 Å². The van der Waals surface area contributed by atoms with Crippen molar-refractivity contribution in [2.75, 3.05) is 0 Å². The minimum Gasteiger partial charge on any atom is -0.385 e. The number of halogens is 1. The van der Waals surface area contributed by atoms with E-state index >= 15 is 0 Å². The van der Waals surface area contributed by atoms with Crippen LogP contribution in [-0.4, -0.2) is 10.1 Å². The zero-order valence-electron chi connectivity index (χ0n) is 10.5. The van der Waals surface area contributed by atoms with Gasteiger partial charge in [-0.25, -0.2) is 0 Å². The molecule has 0 aliphatic carbocycles. The second kappa shape index (κ2) is 5.52. The first kappa shape index (κ1) is 13.7. The third kappa shape index (κ3) is 3.40. The topological polar surface area (TPSA) is 56.9 Å². The van der Waals surface area contributed by atoms with Gasteiger partial charge in [0.25, 0.3) is 0 Å². The molecule has 0 spiro atoms. The smallest absolute Gasteiger partial charge is 0.0991 e. The Morgan fingerprint density at radius 1 is 1.32 bits per heavy atom. The zero-order valence-corrected chi connectivity index (χ0v) is 12.1. The number of aliphatic hydroxyl groups is 1. The van der Waals surface area contributed by atoms with Crippen LogP contribution in [-0.2, 0) is 12.0 Å². The Morgan fingerprint density at radius 2 is 2.00 bits per heavy atom. The third-order valence-electron chi connectivity index (χ3n) is 2.95. The molecule has 0 amide bonds. The van der Waals surface area contributed by atoms with Crippen LogP contribution < -0.4 is 0 Å². The maximum atomic E-state index is 10.6. The fourth-order valence-electron chi connectivity index (χ4n) is 1.96. The summed E-state index contributed by atoms with van der Waals surface area (Å²) in [6, 6.07) is 11.0. The predicted octanol–water partition coefficient (Wildman–Crippen LogP) is 3.17. The molecule has 0 aliphatic heterocycles. The third-order valence-corrected chi connectivity index (χ3v) is 3.38. The average molecular weight is 317 g/mol. The number of pyridine rings is 1. The van der Waals surface area contributed by atoms with Crippen LogP contribution in [0, 0.1) is 11.3 Å². The number of rotatable bonds is 3. The van der Waals surface area contributed by atoms with Crippen molar-refractivity contribution >= 4 is 15.9 Å². The van der Waals surface area contributed by atoms with Gasteiger partial charge in [-0.05, 0) is 52.2 Å². The number of aromatic nitrogens is 1. The fourth-order valence-corrected chi connectivity index (χ4v) is 2.37. The number of nitriles is 1. The maximum Gasteiger partial charge on any atom is 0.0991 e. The number of hydrogen-bond acceptors (Lipinski definition) is 3. The first-order valence-corrected chi connectivity index (χ1v) is 6.63. The summed E-state index contributed by atoms with van der Waals surface area (Å²) in [6.07, 6.45) is 3.91. The molecule has 0 fully saturated rings. The van der Waals surface area contributed by atoms with E-state index in [0.717, 1.165) is 15.6 Å². The highest BCUT2D eigenvalue weighted by Crippen LogP contribution is 2.26. The summed E-state index contributed by atoms with van der Waals surface area (Å²) in [5, 5.41) is 19.3. The zero-order chi connectivity index (χ0) is 13.9. The second-order valence-corrected chi connectivity index (χ2v) is 5.57. The molecule has 0 bridgehead atoms. The van der Waals surface area contributed by atoms with Crippen molar-refractivity contribution in [3.63, 3.8) is 0 Å². The number of nitrogens with zero attached hydrogens (tertiary/aromatic N) is 2. The molecule has 3 nitrogen and oxygen atoms in total. The molecule has 1 N–H and O–H groups in total. The highest BCUT2D eigenvalue weighted by molar-refractivity contribution is 9.10. The van der Waals surface area contributed by atoms with Crippen LogP contribution in [0.3, 0.4) is 0 Å². The van der Waals surface area contributed by atoms with Gasteiger partial charge in [0.15, 0.2) is 0 Å². The SMILES string of the molecule is CC(O)(Cc1cncc(Br)c1)c1ccc(C#N)cc1. The quantitative estimate of drug-likeness (QED) is 0.946. The van der Waals surface area contributed by atoms with Crippen LogP contribution in [0.15, 0.2) is 47.2 Å². The van der Waals surface area contributed by atoms with Crippen molar-refractivity contribution in [3.05, 3.63) is 63.9 Å². The molecule has 0 aliphatic rings. The minimum atomic E-state index is -0.990. The van der Waals surface area contributed by atoms with Gasteiger partial charge in [0, 0.05) is 23.3 Å². The Labute approximate surface area is 120 Å². The van der Waals surface area contributed by atoms with Gasteiger partial charge >= 0.3 is 0 Å². The summed E-state index contributed by atoms with van der Waals surface area (Å²) in [6.45, 7) is 1.76. The summed E-state index contributed by atoms with van der Waals surface area (Å²) in [5.41, 5.74) is 1.33. The molecule has 0 saturated heterocycles. The van der Waals surface area contributed by atoms with Crippen LogP contribution in [0.2, 0.25) is 0 Å². The Bertz CT molecular complexity index is 615. The normalized spacial score (nSPS) is 13.6. The van der Waals surface area contributed by atoms with E-state index in [0.29, 0.717) is 12.0 Å². The molecule has 1 atom stereocenters. The highest BCUT2D eigenvalue weighted by atomic mass is 79.9. The fraction of sp³-hybridized carbons (Fsp3) is 0.200. The molecule has 2 aromatic rings. The monoisotopic (exact) mass is 316 g/mol. The molecule has 0 radical (unpaired) electrons. The lowest BCUT2D eigenvalue weighted by molar-refractivity contribution is 0.0575. The van der Waals surface area contributed by atoms with Crippen molar-refractivity contribution in [2.24, 2.45) is 0 Å². The van der Waals surface area contributed by atoms with Gasteiger partial charge < -0.3 is 5.11 Å². The van der Waals surface area contributed by atoms with E-state index in [9.17, 15) is 5.11 Å². The molecule has 1 aromatic heterocycles. The second-order valence-electron chi connectivity index (χ2n) is 4.65. The molecule has 1 unspecified atom stereocenters. The van der Waals surface area contributed by atoms with Gasteiger partial charge in [-0.3, -0.25) is 4.98 Å². The van der Waals surface area contributed by atoms with Gasteiger partial charge in [-0.15, -0.1) is 0 Å². The van der Waals surface area contributed by atoms with Crippen molar-refractivity contribution in [3.8, 4) is 6.07 Å². The molecular formula is C15H13BrN2O. The average Bonchev–Trinajstić information content (AvgIpc) is 2.38. The first-order valence-electron chi connectivity index (χ1n) is 5.84. The van der Waals surface area contributed by atoms with Crippen LogP contribution in [0.25, 0.3) is 0 Å². The lowest BCUT2D eigenvalue weighted by Gasteiger charge is -2.24. The first-order chi connectivity index (χ1) is 9.01. The van der Waals surface area contributed by atoms with Crippen LogP contribution in [0.1, 0.15) is 23.6 Å². The molecule has 0 saturated carbocycles. The van der Waals surface area contributed by atoms with Gasteiger partial charge in [-0.2, -0.15) is 5.26 Å². The lowest BCUT2D eigenvalue weighted by Crippen LogP contribution is -2.24. The van der Waals surface area contributed by atoms with Crippen molar-refractivity contribution < 1.29 is 5.11 Å². The van der Waals surface area contributed by atoms with Crippen molar-refractivity contribution in [1.29, 1.82) is 5.26 Å². The van der Waals surface area contributed by atoms with Crippen molar-refractivity contribution in [2.45, 2.75) is 18.9 Å². The van der Waals surface area contributed by atoms with E-state index < -0.39 is 5.60 Å². The maximum absolute atomic E-state index is 10.6. The number of benzene rings is 1. The van der Waals surface area contributed by atoms with Gasteiger partial charge in [0.2, 0.25) is 0 Å². The summed E-state index contributed by atoms with van der Waals surface area (Å²) in [4.78, 5) is 4.09. The van der Waals surface area contributed by atoms with Crippen molar-refractivity contribution in [1.82, 2.24) is 4.98 Å². The standard InChI is InChI=1S/C15H13BrN2O/c1-15(19,7-12-6-14(16)10-18-9-12)13-4-2-11(8-17)3-5-13/h2-6,9-10,19H,7H2,1H3. The van der Waals surface area contributed by atoms with Crippen LogP contribution >= 0.6 is 15.9 Å². The molecule has 1 aromatic carbocycles. The minimum absolute atomic E-state index is 0.464. The largest absolute Gasteiger partial charge is 0.385 e. The predicted molar refractivity (Wildman–Crippen MR) is 76.4 cm³/mol. The van der Waals surface area contributed by atoms with E-state index in [2.05, 4.69) is 27.0 Å². The molecular weight excluding hydrogens is 304 g/mol. The van der Waals surface area contributed by atoms with E-state index in [1.165, 1.54) is 0 Å². The highest BCUT2D eigenvalue weighted by Gasteiger charge is 2.23. The van der Waals surface area contributed by atoms with Crippen LogP contribution in [0.5, 0.6) is 0 Å². The summed E-state index contributed by atoms with van der Waals surface area (Å²) < 4.78 is 0.889. The summed E-state index contributed by atoms with van der Waals surface area (Å²) >= 11 is 3.36.